The van der Waals surface area contributed by atoms with E-state index in [9.17, 15) is 13.2 Å². The van der Waals surface area contributed by atoms with Gasteiger partial charge >= 0.3 is 0 Å². The van der Waals surface area contributed by atoms with Crippen LogP contribution in [0.4, 0.5) is 0 Å². The number of sulfonamides is 1. The van der Waals surface area contributed by atoms with Gasteiger partial charge in [-0.2, -0.15) is 4.31 Å². The van der Waals surface area contributed by atoms with Crippen molar-refractivity contribution in [1.29, 1.82) is 0 Å². The van der Waals surface area contributed by atoms with Crippen LogP contribution in [0.1, 0.15) is 27.7 Å². The predicted octanol–water partition coefficient (Wildman–Crippen LogP) is 2.16. The Balaban J connectivity index is 2.37. The number of carbonyl (C=O) groups is 1. The Labute approximate surface area is 133 Å². The van der Waals surface area contributed by atoms with Crippen LogP contribution in [0.25, 0.3) is 0 Å². The Morgan fingerprint density at radius 2 is 1.68 bits per heavy atom. The molecule has 0 N–H and O–H groups in total. The Morgan fingerprint density at radius 3 is 2.18 bits per heavy atom. The highest BCUT2D eigenvalue weighted by Crippen LogP contribution is 2.29. The molecule has 0 bridgehead atoms. The van der Waals surface area contributed by atoms with Gasteiger partial charge in [0.2, 0.25) is 15.9 Å². The van der Waals surface area contributed by atoms with Crippen LogP contribution in [0, 0.1) is 11.8 Å². The van der Waals surface area contributed by atoms with Crippen molar-refractivity contribution in [1.82, 2.24) is 9.21 Å². The minimum atomic E-state index is -3.59. The summed E-state index contributed by atoms with van der Waals surface area (Å²) in [5.41, 5.74) is 0. The van der Waals surface area contributed by atoms with Crippen LogP contribution >= 0.6 is 0 Å². The number of hydrogen-bond acceptors (Lipinski definition) is 3. The molecule has 0 aliphatic carbocycles. The van der Waals surface area contributed by atoms with Gasteiger partial charge in [0, 0.05) is 19.0 Å². The maximum absolute atomic E-state index is 12.9. The van der Waals surface area contributed by atoms with Crippen LogP contribution in [0.15, 0.2) is 35.2 Å². The molecule has 1 saturated heterocycles. The topological polar surface area (TPSA) is 57.7 Å². The number of nitrogens with zero attached hydrogens (tertiary/aromatic N) is 2. The van der Waals surface area contributed by atoms with Crippen molar-refractivity contribution in [2.75, 3.05) is 13.1 Å². The maximum Gasteiger partial charge on any atom is 0.244 e. The van der Waals surface area contributed by atoms with Crippen LogP contribution in [0.5, 0.6) is 0 Å². The molecular formula is C16H24N2O3S. The summed E-state index contributed by atoms with van der Waals surface area (Å²) in [6, 6.07) is 8.41. The monoisotopic (exact) mass is 324 g/mol. The van der Waals surface area contributed by atoms with Gasteiger partial charge in [-0.15, -0.1) is 0 Å². The zero-order chi connectivity index (χ0) is 16.5. The van der Waals surface area contributed by atoms with Gasteiger partial charge in [-0.25, -0.2) is 8.42 Å². The zero-order valence-corrected chi connectivity index (χ0v) is 14.4. The van der Waals surface area contributed by atoms with E-state index in [1.54, 1.807) is 35.2 Å². The molecule has 1 aromatic rings. The van der Waals surface area contributed by atoms with Crippen LogP contribution in [-0.2, 0) is 14.8 Å². The lowest BCUT2D eigenvalue weighted by Crippen LogP contribution is -2.48. The first-order chi connectivity index (χ1) is 10.3. The Hall–Kier alpha value is -1.40. The highest BCUT2D eigenvalue weighted by molar-refractivity contribution is 7.89. The van der Waals surface area contributed by atoms with E-state index in [0.29, 0.717) is 13.1 Å². The Bertz CT molecular complexity index is 626. The molecule has 1 fully saturated rings. The molecule has 1 aliphatic rings. The van der Waals surface area contributed by atoms with Crippen molar-refractivity contribution >= 4 is 15.9 Å². The molecule has 0 aromatic heterocycles. The molecular weight excluding hydrogens is 300 g/mol. The summed E-state index contributed by atoms with van der Waals surface area (Å²) in [5, 5.41) is 0. The fraction of sp³-hybridized carbons (Fsp3) is 0.562. The van der Waals surface area contributed by atoms with Crippen LogP contribution in [-0.4, -0.2) is 42.8 Å². The molecule has 122 valence electrons. The van der Waals surface area contributed by atoms with Gasteiger partial charge in [-0.05, 0) is 18.1 Å². The summed E-state index contributed by atoms with van der Waals surface area (Å²) in [7, 11) is -3.59. The first-order valence-electron chi connectivity index (χ1n) is 7.64. The SMILES string of the molecule is CC(C)C(=O)N1CCN(S(=O)(=O)c2ccccc2)C1C(C)C. The average Bonchev–Trinajstić information content (AvgIpc) is 2.92. The predicted molar refractivity (Wildman–Crippen MR) is 85.5 cm³/mol. The van der Waals surface area contributed by atoms with Gasteiger partial charge in [0.05, 0.1) is 4.90 Å². The minimum Gasteiger partial charge on any atom is -0.324 e. The zero-order valence-electron chi connectivity index (χ0n) is 13.6. The first-order valence-corrected chi connectivity index (χ1v) is 9.08. The molecule has 1 aromatic carbocycles. The number of hydrogen-bond donors (Lipinski definition) is 0. The van der Waals surface area contributed by atoms with Gasteiger partial charge < -0.3 is 4.90 Å². The third-order valence-corrected chi connectivity index (χ3v) is 5.78. The molecule has 22 heavy (non-hydrogen) atoms. The standard InChI is InChI=1S/C16H24N2O3S/c1-12(2)15-17(16(19)13(3)4)10-11-18(15)22(20,21)14-8-6-5-7-9-14/h5-9,12-13,15H,10-11H2,1-4H3. The van der Waals surface area contributed by atoms with Crippen molar-refractivity contribution in [2.45, 2.75) is 38.8 Å². The van der Waals surface area contributed by atoms with E-state index < -0.39 is 16.2 Å². The fourth-order valence-corrected chi connectivity index (χ4v) is 4.62. The molecule has 1 heterocycles. The van der Waals surface area contributed by atoms with E-state index >= 15 is 0 Å². The van der Waals surface area contributed by atoms with Gasteiger partial charge in [0.25, 0.3) is 0 Å². The fourth-order valence-electron chi connectivity index (χ4n) is 2.88. The third-order valence-electron chi connectivity index (χ3n) is 3.90. The van der Waals surface area contributed by atoms with Gasteiger partial charge in [-0.3, -0.25) is 4.79 Å². The summed E-state index contributed by atoms with van der Waals surface area (Å²) in [6.07, 6.45) is -0.417. The normalized spacial score (nSPS) is 20.1. The van der Waals surface area contributed by atoms with E-state index in [1.165, 1.54) is 4.31 Å². The largest absolute Gasteiger partial charge is 0.324 e. The smallest absolute Gasteiger partial charge is 0.244 e. The summed E-state index contributed by atoms with van der Waals surface area (Å²) < 4.78 is 27.2. The van der Waals surface area contributed by atoms with Crippen molar-refractivity contribution in [3.8, 4) is 0 Å². The van der Waals surface area contributed by atoms with Gasteiger partial charge in [0.1, 0.15) is 6.17 Å². The Morgan fingerprint density at radius 1 is 1.09 bits per heavy atom. The van der Waals surface area contributed by atoms with E-state index in [0.717, 1.165) is 0 Å². The molecule has 1 amide bonds. The van der Waals surface area contributed by atoms with E-state index in [2.05, 4.69) is 0 Å². The van der Waals surface area contributed by atoms with Crippen LogP contribution < -0.4 is 0 Å². The van der Waals surface area contributed by atoms with Gasteiger partial charge in [0.15, 0.2) is 0 Å². The summed E-state index contributed by atoms with van der Waals surface area (Å²) >= 11 is 0. The molecule has 5 nitrogen and oxygen atoms in total. The van der Waals surface area contributed by atoms with E-state index in [4.69, 9.17) is 0 Å². The van der Waals surface area contributed by atoms with Crippen LogP contribution in [0.3, 0.4) is 0 Å². The lowest BCUT2D eigenvalue weighted by Gasteiger charge is -2.33. The average molecular weight is 324 g/mol. The molecule has 0 spiro atoms. The first kappa shape index (κ1) is 17.0. The molecule has 1 atom stereocenters. The van der Waals surface area contributed by atoms with Crippen molar-refractivity contribution in [2.24, 2.45) is 11.8 Å². The number of carbonyl (C=O) groups excluding carboxylic acids is 1. The molecule has 1 unspecified atom stereocenters. The quantitative estimate of drug-likeness (QED) is 0.853. The summed E-state index contributed by atoms with van der Waals surface area (Å²) in [6.45, 7) is 8.38. The number of benzene rings is 1. The van der Waals surface area contributed by atoms with Crippen molar-refractivity contribution in [3.05, 3.63) is 30.3 Å². The molecule has 0 radical (unpaired) electrons. The molecule has 6 heteroatoms. The second-order valence-corrected chi connectivity index (χ2v) is 8.16. The second kappa shape index (κ2) is 6.38. The van der Waals surface area contributed by atoms with Crippen LogP contribution in [0.2, 0.25) is 0 Å². The van der Waals surface area contributed by atoms with E-state index in [-0.39, 0.29) is 22.6 Å². The van der Waals surface area contributed by atoms with Crippen molar-refractivity contribution < 1.29 is 13.2 Å². The summed E-state index contributed by atoms with van der Waals surface area (Å²) in [5.74, 6) is -0.103. The molecule has 1 aliphatic heterocycles. The molecule has 0 saturated carbocycles. The summed E-state index contributed by atoms with van der Waals surface area (Å²) in [4.78, 5) is 14.4. The number of amides is 1. The Kier molecular flexibility index (Phi) is 4.92. The highest BCUT2D eigenvalue weighted by Gasteiger charge is 2.43. The van der Waals surface area contributed by atoms with Crippen molar-refractivity contribution in [3.63, 3.8) is 0 Å². The number of rotatable bonds is 4. The lowest BCUT2D eigenvalue weighted by molar-refractivity contribution is -0.137. The van der Waals surface area contributed by atoms with Gasteiger partial charge in [-0.1, -0.05) is 45.9 Å². The lowest BCUT2D eigenvalue weighted by atomic mass is 10.1. The third kappa shape index (κ3) is 3.03. The highest BCUT2D eigenvalue weighted by atomic mass is 32.2. The van der Waals surface area contributed by atoms with E-state index in [1.807, 2.05) is 27.7 Å². The minimum absolute atomic E-state index is 0.00413. The second-order valence-electron chi connectivity index (χ2n) is 6.27. The maximum atomic E-state index is 12.9. The molecule has 2 rings (SSSR count).